The molecule has 1 aromatic rings. The van der Waals surface area contributed by atoms with Gasteiger partial charge in [-0.1, -0.05) is 0 Å². The standard InChI is InChI=1S/C11H15NO3/c1-11(7-14-8-11)10(13)12(2)6-9-4-3-5-15-9/h3-5H,6-8H2,1-2H3. The Morgan fingerprint density at radius 2 is 2.33 bits per heavy atom. The third kappa shape index (κ3) is 1.90. The molecule has 0 spiro atoms. The van der Waals surface area contributed by atoms with Crippen LogP contribution in [0, 0.1) is 5.41 Å². The second kappa shape index (κ2) is 3.70. The van der Waals surface area contributed by atoms with Crippen LogP contribution in [0.3, 0.4) is 0 Å². The second-order valence-electron chi connectivity index (χ2n) is 4.29. The molecule has 82 valence electrons. The Labute approximate surface area is 88.8 Å². The average molecular weight is 209 g/mol. The van der Waals surface area contributed by atoms with E-state index < -0.39 is 0 Å². The van der Waals surface area contributed by atoms with Gasteiger partial charge in [-0.25, -0.2) is 0 Å². The zero-order valence-electron chi connectivity index (χ0n) is 9.03. The van der Waals surface area contributed by atoms with Gasteiger partial charge in [0.05, 0.1) is 31.4 Å². The van der Waals surface area contributed by atoms with Gasteiger partial charge in [-0.05, 0) is 19.1 Å². The van der Waals surface area contributed by atoms with E-state index >= 15 is 0 Å². The van der Waals surface area contributed by atoms with Crippen molar-refractivity contribution >= 4 is 5.91 Å². The summed E-state index contributed by atoms with van der Waals surface area (Å²) in [5.74, 6) is 0.917. The Hall–Kier alpha value is -1.29. The van der Waals surface area contributed by atoms with Crippen LogP contribution in [0.15, 0.2) is 22.8 Å². The number of rotatable bonds is 3. The molecule has 1 amide bonds. The zero-order chi connectivity index (χ0) is 10.9. The molecule has 1 aliphatic rings. The van der Waals surface area contributed by atoms with Crippen molar-refractivity contribution < 1.29 is 13.9 Å². The summed E-state index contributed by atoms with van der Waals surface area (Å²) in [6.07, 6.45) is 1.61. The number of ether oxygens (including phenoxy) is 1. The lowest BCUT2D eigenvalue weighted by Gasteiger charge is -2.38. The predicted molar refractivity (Wildman–Crippen MR) is 54.1 cm³/mol. The maximum absolute atomic E-state index is 12.0. The van der Waals surface area contributed by atoms with Gasteiger partial charge in [0, 0.05) is 7.05 Å². The SMILES string of the molecule is CN(Cc1ccco1)C(=O)C1(C)COC1. The number of furan rings is 1. The number of carbonyl (C=O) groups excluding carboxylic acids is 1. The lowest BCUT2D eigenvalue weighted by Crippen LogP contribution is -2.52. The topological polar surface area (TPSA) is 42.7 Å². The Bertz CT molecular complexity index is 341. The highest BCUT2D eigenvalue weighted by molar-refractivity contribution is 5.83. The molecule has 0 atom stereocenters. The molecule has 4 heteroatoms. The summed E-state index contributed by atoms with van der Waals surface area (Å²) in [7, 11) is 1.79. The third-order valence-corrected chi connectivity index (χ3v) is 2.68. The first-order chi connectivity index (χ1) is 7.12. The highest BCUT2D eigenvalue weighted by Crippen LogP contribution is 2.29. The molecule has 0 aromatic carbocycles. The molecule has 2 heterocycles. The monoisotopic (exact) mass is 209 g/mol. The van der Waals surface area contributed by atoms with Crippen LogP contribution in [-0.2, 0) is 16.1 Å². The Balaban J connectivity index is 1.96. The summed E-state index contributed by atoms with van der Waals surface area (Å²) in [5, 5.41) is 0. The van der Waals surface area contributed by atoms with Crippen LogP contribution in [0.1, 0.15) is 12.7 Å². The first-order valence-electron chi connectivity index (χ1n) is 4.97. The normalized spacial score (nSPS) is 18.3. The van der Waals surface area contributed by atoms with Crippen molar-refractivity contribution in [3.8, 4) is 0 Å². The van der Waals surface area contributed by atoms with Gasteiger partial charge < -0.3 is 14.1 Å². The summed E-state index contributed by atoms with van der Waals surface area (Å²) in [5.41, 5.74) is -0.332. The average Bonchev–Trinajstić information content (AvgIpc) is 2.65. The molecule has 1 aliphatic heterocycles. The molecule has 0 bridgehead atoms. The van der Waals surface area contributed by atoms with Crippen molar-refractivity contribution in [2.75, 3.05) is 20.3 Å². The fourth-order valence-electron chi connectivity index (χ4n) is 1.70. The summed E-state index contributed by atoms with van der Waals surface area (Å²) < 4.78 is 10.3. The van der Waals surface area contributed by atoms with Crippen molar-refractivity contribution in [2.24, 2.45) is 5.41 Å². The number of amides is 1. The van der Waals surface area contributed by atoms with Crippen LogP contribution in [0.4, 0.5) is 0 Å². The lowest BCUT2D eigenvalue weighted by atomic mass is 9.87. The molecule has 2 rings (SSSR count). The van der Waals surface area contributed by atoms with Crippen molar-refractivity contribution in [2.45, 2.75) is 13.5 Å². The smallest absolute Gasteiger partial charge is 0.233 e. The molecular formula is C11H15NO3. The predicted octanol–water partition coefficient (Wildman–Crippen LogP) is 1.27. The van der Waals surface area contributed by atoms with Crippen molar-refractivity contribution in [3.05, 3.63) is 24.2 Å². The van der Waals surface area contributed by atoms with E-state index in [1.807, 2.05) is 19.1 Å². The van der Waals surface area contributed by atoms with Crippen LogP contribution < -0.4 is 0 Å². The Morgan fingerprint density at radius 1 is 1.60 bits per heavy atom. The van der Waals surface area contributed by atoms with E-state index in [2.05, 4.69) is 0 Å². The minimum absolute atomic E-state index is 0.116. The van der Waals surface area contributed by atoms with Crippen LogP contribution in [-0.4, -0.2) is 31.1 Å². The van der Waals surface area contributed by atoms with Crippen molar-refractivity contribution in [1.82, 2.24) is 4.90 Å². The van der Waals surface area contributed by atoms with Gasteiger partial charge in [0.2, 0.25) is 5.91 Å². The van der Waals surface area contributed by atoms with E-state index in [1.165, 1.54) is 0 Å². The minimum Gasteiger partial charge on any atom is -0.467 e. The van der Waals surface area contributed by atoms with Gasteiger partial charge in [-0.2, -0.15) is 0 Å². The quantitative estimate of drug-likeness (QED) is 0.753. The number of hydrogen-bond acceptors (Lipinski definition) is 3. The van der Waals surface area contributed by atoms with Gasteiger partial charge >= 0.3 is 0 Å². The molecule has 0 N–H and O–H groups in total. The number of carbonyl (C=O) groups is 1. The minimum atomic E-state index is -0.332. The van der Waals surface area contributed by atoms with Crippen molar-refractivity contribution in [1.29, 1.82) is 0 Å². The fourth-order valence-corrected chi connectivity index (χ4v) is 1.70. The summed E-state index contributed by atoms with van der Waals surface area (Å²) in [6, 6.07) is 3.69. The number of hydrogen-bond donors (Lipinski definition) is 0. The summed E-state index contributed by atoms with van der Waals surface area (Å²) >= 11 is 0. The van der Waals surface area contributed by atoms with Crippen LogP contribution in [0.25, 0.3) is 0 Å². The van der Waals surface area contributed by atoms with Crippen LogP contribution >= 0.6 is 0 Å². The van der Waals surface area contributed by atoms with Crippen molar-refractivity contribution in [3.63, 3.8) is 0 Å². The van der Waals surface area contributed by atoms with Gasteiger partial charge in [-0.3, -0.25) is 4.79 Å². The molecular weight excluding hydrogens is 194 g/mol. The lowest BCUT2D eigenvalue weighted by molar-refractivity contribution is -0.168. The molecule has 0 radical (unpaired) electrons. The maximum Gasteiger partial charge on any atom is 0.233 e. The summed E-state index contributed by atoms with van der Waals surface area (Å²) in [4.78, 5) is 13.7. The molecule has 4 nitrogen and oxygen atoms in total. The zero-order valence-corrected chi connectivity index (χ0v) is 9.03. The largest absolute Gasteiger partial charge is 0.467 e. The molecule has 0 unspecified atom stereocenters. The van der Waals surface area contributed by atoms with E-state index in [1.54, 1.807) is 18.2 Å². The molecule has 15 heavy (non-hydrogen) atoms. The van der Waals surface area contributed by atoms with E-state index in [0.717, 1.165) is 5.76 Å². The molecule has 0 aliphatic carbocycles. The van der Waals surface area contributed by atoms with E-state index in [0.29, 0.717) is 19.8 Å². The second-order valence-corrected chi connectivity index (χ2v) is 4.29. The van der Waals surface area contributed by atoms with E-state index in [4.69, 9.17) is 9.15 Å². The van der Waals surface area contributed by atoms with Gasteiger partial charge in [0.15, 0.2) is 0 Å². The fraction of sp³-hybridized carbons (Fsp3) is 0.545. The maximum atomic E-state index is 12.0. The van der Waals surface area contributed by atoms with Gasteiger partial charge in [-0.15, -0.1) is 0 Å². The van der Waals surface area contributed by atoms with Crippen LogP contribution in [0.2, 0.25) is 0 Å². The molecule has 0 saturated carbocycles. The Morgan fingerprint density at radius 3 is 2.80 bits per heavy atom. The third-order valence-electron chi connectivity index (χ3n) is 2.68. The highest BCUT2D eigenvalue weighted by Gasteiger charge is 2.42. The highest BCUT2D eigenvalue weighted by atomic mass is 16.5. The first kappa shape index (κ1) is 10.2. The first-order valence-corrected chi connectivity index (χ1v) is 4.97. The van der Waals surface area contributed by atoms with E-state index in [9.17, 15) is 4.79 Å². The molecule has 1 saturated heterocycles. The summed E-state index contributed by atoms with van der Waals surface area (Å²) in [6.45, 7) is 3.49. The van der Waals surface area contributed by atoms with Gasteiger partial charge in [0.25, 0.3) is 0 Å². The van der Waals surface area contributed by atoms with Crippen LogP contribution in [0.5, 0.6) is 0 Å². The van der Waals surface area contributed by atoms with Gasteiger partial charge in [0.1, 0.15) is 5.76 Å². The molecule has 1 fully saturated rings. The Kier molecular flexibility index (Phi) is 2.52. The molecule has 1 aromatic heterocycles. The number of nitrogens with zero attached hydrogens (tertiary/aromatic N) is 1. The van der Waals surface area contributed by atoms with E-state index in [-0.39, 0.29) is 11.3 Å².